The highest BCUT2D eigenvalue weighted by molar-refractivity contribution is 7.90. The number of ether oxygens (including phenoxy) is 1. The number of carbonyl (C=O) groups is 1. The number of hydrogen-bond acceptors (Lipinski definition) is 5. The van der Waals surface area contributed by atoms with E-state index in [0.29, 0.717) is 18.9 Å². The van der Waals surface area contributed by atoms with E-state index in [0.717, 1.165) is 40.3 Å². The minimum Gasteiger partial charge on any atom is -0.491 e. The Balaban J connectivity index is 1.42. The predicted octanol–water partition coefficient (Wildman–Crippen LogP) is 4.64. The highest BCUT2D eigenvalue weighted by Crippen LogP contribution is 2.31. The maximum Gasteiger partial charge on any atom is 0.254 e. The number of rotatable bonds is 4. The van der Waals surface area contributed by atoms with Gasteiger partial charge in [0.25, 0.3) is 5.91 Å². The third kappa shape index (κ3) is 4.86. The molecule has 1 aliphatic rings. The van der Waals surface area contributed by atoms with Crippen LogP contribution in [0.15, 0.2) is 72.0 Å². The lowest BCUT2D eigenvalue weighted by atomic mass is 10.00. The summed E-state index contributed by atoms with van der Waals surface area (Å²) >= 11 is 0. The number of benzene rings is 3. The Bertz CT molecular complexity index is 1610. The number of hydrogen-bond donors (Lipinski definition) is 0. The molecule has 7 nitrogen and oxygen atoms in total. The first-order valence-corrected chi connectivity index (χ1v) is 13.6. The van der Waals surface area contributed by atoms with Gasteiger partial charge in [0, 0.05) is 42.7 Å². The van der Waals surface area contributed by atoms with Gasteiger partial charge in [0.05, 0.1) is 18.6 Å². The fraction of sp³-hybridized carbons (Fsp3) is 0.214. The molecule has 0 spiro atoms. The zero-order valence-electron chi connectivity index (χ0n) is 20.7. The molecule has 0 bridgehead atoms. The SMILES string of the molecule is Cc1c(C(=O)N2CCOc3ccc(-c4ccc(-c5cn(C)cn5)cc4)cc3C2)ccc(S(C)(=O)=O)c1F. The molecular weight excluding hydrogens is 493 g/mol. The molecule has 0 aliphatic carbocycles. The first kappa shape index (κ1) is 24.7. The highest BCUT2D eigenvalue weighted by Gasteiger charge is 2.26. The summed E-state index contributed by atoms with van der Waals surface area (Å²) in [6.07, 6.45) is 4.67. The van der Waals surface area contributed by atoms with E-state index in [-0.39, 0.29) is 23.6 Å². The van der Waals surface area contributed by atoms with Crippen LogP contribution in [0.3, 0.4) is 0 Å². The van der Waals surface area contributed by atoms with Crippen molar-refractivity contribution in [2.75, 3.05) is 19.4 Å². The molecule has 4 aromatic rings. The van der Waals surface area contributed by atoms with Gasteiger partial charge in [0.2, 0.25) is 0 Å². The summed E-state index contributed by atoms with van der Waals surface area (Å²) in [4.78, 5) is 18.9. The number of aromatic nitrogens is 2. The second-order valence-corrected chi connectivity index (χ2v) is 11.2. The van der Waals surface area contributed by atoms with Gasteiger partial charge in [-0.1, -0.05) is 30.3 Å². The quantitative estimate of drug-likeness (QED) is 0.392. The summed E-state index contributed by atoms with van der Waals surface area (Å²) in [5.74, 6) is -0.575. The number of halogens is 1. The molecule has 37 heavy (non-hydrogen) atoms. The van der Waals surface area contributed by atoms with Crippen molar-refractivity contribution in [3.05, 3.63) is 89.6 Å². The van der Waals surface area contributed by atoms with Crippen LogP contribution in [-0.2, 0) is 23.4 Å². The summed E-state index contributed by atoms with van der Waals surface area (Å²) in [5, 5.41) is 0. The van der Waals surface area contributed by atoms with Gasteiger partial charge < -0.3 is 14.2 Å². The molecular formula is C28H26FN3O4S. The Morgan fingerprint density at radius 2 is 1.73 bits per heavy atom. The van der Waals surface area contributed by atoms with E-state index in [1.165, 1.54) is 13.0 Å². The number of aryl methyl sites for hydroxylation is 1. The van der Waals surface area contributed by atoms with E-state index in [9.17, 15) is 17.6 Å². The fourth-order valence-electron chi connectivity index (χ4n) is 4.49. The second kappa shape index (κ2) is 9.48. The Kier molecular flexibility index (Phi) is 6.33. The summed E-state index contributed by atoms with van der Waals surface area (Å²) < 4.78 is 46.3. The van der Waals surface area contributed by atoms with Crippen molar-refractivity contribution in [3.8, 4) is 28.1 Å². The van der Waals surface area contributed by atoms with Gasteiger partial charge in [-0.05, 0) is 47.9 Å². The fourth-order valence-corrected chi connectivity index (χ4v) is 5.29. The summed E-state index contributed by atoms with van der Waals surface area (Å²) in [5.41, 5.74) is 4.89. The van der Waals surface area contributed by atoms with Gasteiger partial charge in [0.15, 0.2) is 9.84 Å². The van der Waals surface area contributed by atoms with Gasteiger partial charge in [0.1, 0.15) is 23.1 Å². The number of fused-ring (bicyclic) bond motifs is 1. The maximum absolute atomic E-state index is 14.8. The van der Waals surface area contributed by atoms with Gasteiger partial charge in [-0.25, -0.2) is 17.8 Å². The van der Waals surface area contributed by atoms with Crippen LogP contribution in [0.1, 0.15) is 21.5 Å². The van der Waals surface area contributed by atoms with Crippen LogP contribution in [0.2, 0.25) is 0 Å². The molecule has 1 amide bonds. The standard InChI is InChI=1S/C28H26FN3O4S/c1-18-23(9-11-26(27(18)29)37(3,34)35)28(33)32-12-13-36-25-10-8-21(14-22(25)15-32)19-4-6-20(7-5-19)24-16-31(2)17-30-24/h4-11,14,16-17H,12-13,15H2,1-3H3. The van der Waals surface area contributed by atoms with Gasteiger partial charge in [-0.3, -0.25) is 4.79 Å². The molecule has 3 aromatic carbocycles. The molecule has 190 valence electrons. The van der Waals surface area contributed by atoms with E-state index in [4.69, 9.17) is 4.74 Å². The van der Waals surface area contributed by atoms with E-state index in [1.807, 2.05) is 60.3 Å². The first-order valence-electron chi connectivity index (χ1n) is 11.7. The third-order valence-electron chi connectivity index (χ3n) is 6.53. The number of nitrogens with zero attached hydrogens (tertiary/aromatic N) is 3. The molecule has 2 heterocycles. The van der Waals surface area contributed by atoms with Crippen molar-refractivity contribution < 1.29 is 22.3 Å². The second-order valence-electron chi connectivity index (χ2n) is 9.22. The van der Waals surface area contributed by atoms with Crippen molar-refractivity contribution in [1.82, 2.24) is 14.5 Å². The molecule has 0 atom stereocenters. The maximum atomic E-state index is 14.8. The summed E-state index contributed by atoms with van der Waals surface area (Å²) in [7, 11) is -1.81. The normalized spacial score (nSPS) is 13.6. The molecule has 0 fully saturated rings. The van der Waals surface area contributed by atoms with Crippen molar-refractivity contribution in [1.29, 1.82) is 0 Å². The Morgan fingerprint density at radius 3 is 2.41 bits per heavy atom. The zero-order chi connectivity index (χ0) is 26.3. The average Bonchev–Trinajstić information content (AvgIpc) is 3.19. The molecule has 0 N–H and O–H groups in total. The number of amides is 1. The van der Waals surface area contributed by atoms with Crippen LogP contribution in [-0.4, -0.2) is 48.2 Å². The van der Waals surface area contributed by atoms with E-state index in [2.05, 4.69) is 4.98 Å². The van der Waals surface area contributed by atoms with Crippen LogP contribution >= 0.6 is 0 Å². The largest absolute Gasteiger partial charge is 0.491 e. The summed E-state index contributed by atoms with van der Waals surface area (Å²) in [6.45, 7) is 2.31. The Morgan fingerprint density at radius 1 is 1.03 bits per heavy atom. The number of imidazole rings is 1. The topological polar surface area (TPSA) is 81.5 Å². The van der Waals surface area contributed by atoms with Gasteiger partial charge in [-0.15, -0.1) is 0 Å². The minimum absolute atomic E-state index is 0.0139. The van der Waals surface area contributed by atoms with Crippen molar-refractivity contribution in [3.63, 3.8) is 0 Å². The predicted molar refractivity (Wildman–Crippen MR) is 139 cm³/mol. The van der Waals surface area contributed by atoms with Crippen molar-refractivity contribution in [2.45, 2.75) is 18.4 Å². The highest BCUT2D eigenvalue weighted by atomic mass is 32.2. The molecule has 1 aliphatic heterocycles. The molecule has 9 heteroatoms. The Labute approximate surface area is 215 Å². The molecule has 0 saturated carbocycles. The van der Waals surface area contributed by atoms with E-state index in [1.54, 1.807) is 11.2 Å². The molecule has 0 unspecified atom stereocenters. The van der Waals surface area contributed by atoms with Crippen molar-refractivity contribution in [2.24, 2.45) is 7.05 Å². The van der Waals surface area contributed by atoms with Crippen LogP contribution in [0.25, 0.3) is 22.4 Å². The molecule has 0 saturated heterocycles. The van der Waals surface area contributed by atoms with Crippen LogP contribution in [0, 0.1) is 12.7 Å². The van der Waals surface area contributed by atoms with Crippen LogP contribution < -0.4 is 4.74 Å². The number of sulfone groups is 1. The lowest BCUT2D eigenvalue weighted by Crippen LogP contribution is -2.33. The molecule has 0 radical (unpaired) electrons. The Hall–Kier alpha value is -3.98. The smallest absolute Gasteiger partial charge is 0.254 e. The van der Waals surface area contributed by atoms with Crippen LogP contribution in [0.5, 0.6) is 5.75 Å². The van der Waals surface area contributed by atoms with E-state index < -0.39 is 20.5 Å². The van der Waals surface area contributed by atoms with Gasteiger partial charge in [-0.2, -0.15) is 0 Å². The number of carbonyl (C=O) groups excluding carboxylic acids is 1. The van der Waals surface area contributed by atoms with Crippen molar-refractivity contribution >= 4 is 15.7 Å². The van der Waals surface area contributed by atoms with E-state index >= 15 is 0 Å². The monoisotopic (exact) mass is 519 g/mol. The third-order valence-corrected chi connectivity index (χ3v) is 7.64. The first-order chi connectivity index (χ1) is 17.6. The lowest BCUT2D eigenvalue weighted by molar-refractivity contribution is 0.0731. The zero-order valence-corrected chi connectivity index (χ0v) is 21.5. The van der Waals surface area contributed by atoms with Crippen LogP contribution in [0.4, 0.5) is 4.39 Å². The van der Waals surface area contributed by atoms with Gasteiger partial charge >= 0.3 is 0 Å². The lowest BCUT2D eigenvalue weighted by Gasteiger charge is -2.21. The summed E-state index contributed by atoms with van der Waals surface area (Å²) in [6, 6.07) is 16.5. The molecule has 1 aromatic heterocycles. The average molecular weight is 520 g/mol. The molecule has 5 rings (SSSR count). The minimum atomic E-state index is -3.74.